The first kappa shape index (κ1) is 9.90. The zero-order valence-electron chi connectivity index (χ0n) is 8.47. The highest BCUT2D eigenvalue weighted by molar-refractivity contribution is 5.33. The molecular weight excluding hydrogens is 162 g/mol. The van der Waals surface area contributed by atoms with Crippen molar-refractivity contribution in [2.75, 3.05) is 20.7 Å². The normalized spacial score (nSPS) is 20.6. The molecule has 1 saturated heterocycles. The van der Waals surface area contributed by atoms with Gasteiger partial charge in [0.05, 0.1) is 7.11 Å². The molecule has 2 heteroatoms. The second-order valence-corrected chi connectivity index (χ2v) is 3.33. The van der Waals surface area contributed by atoms with Gasteiger partial charge >= 0.3 is 0 Å². The lowest BCUT2D eigenvalue weighted by atomic mass is 10.0. The highest BCUT2D eigenvalue weighted by atomic mass is 16.5. The Hall–Kier alpha value is -1.18. The Labute approximate surface area is 80.2 Å². The Morgan fingerprint density at radius 2 is 2.31 bits per heavy atom. The summed E-state index contributed by atoms with van der Waals surface area (Å²) in [6, 6.07) is 0. The van der Waals surface area contributed by atoms with Crippen molar-refractivity contribution < 1.29 is 4.74 Å². The molecule has 0 aliphatic carbocycles. The molecule has 0 amide bonds. The first-order chi connectivity index (χ1) is 6.15. The van der Waals surface area contributed by atoms with Gasteiger partial charge in [-0.1, -0.05) is 13.2 Å². The predicted molar refractivity (Wildman–Crippen MR) is 55.2 cm³/mol. The van der Waals surface area contributed by atoms with Crippen molar-refractivity contribution in [3.05, 3.63) is 36.3 Å². The van der Waals surface area contributed by atoms with Gasteiger partial charge in [-0.15, -0.1) is 0 Å². The van der Waals surface area contributed by atoms with Crippen LogP contribution >= 0.6 is 0 Å². The topological polar surface area (TPSA) is 12.5 Å². The SMILES string of the molecule is C=C(C=C1C(=C)CCCN1C)OC. The van der Waals surface area contributed by atoms with Gasteiger partial charge in [0.25, 0.3) is 0 Å². The summed E-state index contributed by atoms with van der Waals surface area (Å²) < 4.78 is 5.01. The molecule has 0 aromatic rings. The fourth-order valence-electron chi connectivity index (χ4n) is 1.47. The molecule has 13 heavy (non-hydrogen) atoms. The first-order valence-electron chi connectivity index (χ1n) is 4.49. The molecule has 1 aliphatic heterocycles. The van der Waals surface area contributed by atoms with Crippen LogP contribution in [0.25, 0.3) is 0 Å². The summed E-state index contributed by atoms with van der Waals surface area (Å²) in [7, 11) is 3.70. The number of allylic oxidation sites excluding steroid dienone is 2. The van der Waals surface area contributed by atoms with Crippen LogP contribution in [0.1, 0.15) is 12.8 Å². The third-order valence-corrected chi connectivity index (χ3v) is 2.31. The number of hydrogen-bond donors (Lipinski definition) is 0. The number of likely N-dealkylation sites (tertiary alicyclic amines) is 1. The van der Waals surface area contributed by atoms with Crippen LogP contribution in [0.4, 0.5) is 0 Å². The number of nitrogens with zero attached hydrogens (tertiary/aromatic N) is 1. The molecule has 0 spiro atoms. The van der Waals surface area contributed by atoms with Crippen LogP contribution in [0.2, 0.25) is 0 Å². The minimum atomic E-state index is 0.685. The Kier molecular flexibility index (Phi) is 3.18. The minimum Gasteiger partial charge on any atom is -0.497 e. The highest BCUT2D eigenvalue weighted by Gasteiger charge is 2.14. The predicted octanol–water partition coefficient (Wildman–Crippen LogP) is 2.31. The first-order valence-corrected chi connectivity index (χ1v) is 4.49. The smallest absolute Gasteiger partial charge is 0.113 e. The largest absolute Gasteiger partial charge is 0.497 e. The summed E-state index contributed by atoms with van der Waals surface area (Å²) in [5.74, 6) is 0.685. The van der Waals surface area contributed by atoms with E-state index in [1.807, 2.05) is 6.08 Å². The summed E-state index contributed by atoms with van der Waals surface area (Å²) >= 11 is 0. The standard InChI is InChI=1S/C11H17NO/c1-9-6-5-7-12(3)11(9)8-10(2)13-4/h8H,1-2,5-7H2,3-4H3. The van der Waals surface area contributed by atoms with E-state index in [1.165, 1.54) is 12.0 Å². The van der Waals surface area contributed by atoms with Crippen molar-refractivity contribution in [2.24, 2.45) is 0 Å². The van der Waals surface area contributed by atoms with Crippen LogP contribution < -0.4 is 0 Å². The lowest BCUT2D eigenvalue weighted by Gasteiger charge is -2.29. The van der Waals surface area contributed by atoms with Gasteiger partial charge in [0.15, 0.2) is 0 Å². The summed E-state index contributed by atoms with van der Waals surface area (Å²) in [5.41, 5.74) is 2.32. The summed E-state index contributed by atoms with van der Waals surface area (Å²) in [6.07, 6.45) is 4.21. The number of methoxy groups -OCH3 is 1. The molecule has 0 unspecified atom stereocenters. The number of rotatable bonds is 2. The third kappa shape index (κ3) is 2.38. The number of hydrogen-bond acceptors (Lipinski definition) is 2. The zero-order chi connectivity index (χ0) is 9.84. The van der Waals surface area contributed by atoms with E-state index < -0.39 is 0 Å². The van der Waals surface area contributed by atoms with Crippen molar-refractivity contribution >= 4 is 0 Å². The van der Waals surface area contributed by atoms with Crippen LogP contribution in [-0.4, -0.2) is 25.6 Å². The lowest BCUT2D eigenvalue weighted by Crippen LogP contribution is -2.24. The number of ether oxygens (including phenoxy) is 1. The Bertz CT molecular complexity index is 253. The molecule has 0 bridgehead atoms. The maximum Gasteiger partial charge on any atom is 0.113 e. The van der Waals surface area contributed by atoms with Gasteiger partial charge in [0.1, 0.15) is 5.76 Å². The molecule has 2 nitrogen and oxygen atoms in total. The molecule has 0 N–H and O–H groups in total. The van der Waals surface area contributed by atoms with Crippen molar-refractivity contribution in [2.45, 2.75) is 12.8 Å². The summed E-state index contributed by atoms with van der Waals surface area (Å²) in [6.45, 7) is 8.88. The second-order valence-electron chi connectivity index (χ2n) is 3.33. The van der Waals surface area contributed by atoms with E-state index in [2.05, 4.69) is 25.1 Å². The molecular formula is C11H17NO. The monoisotopic (exact) mass is 179 g/mol. The Morgan fingerprint density at radius 1 is 1.62 bits per heavy atom. The van der Waals surface area contributed by atoms with E-state index in [1.54, 1.807) is 7.11 Å². The molecule has 0 aromatic carbocycles. The van der Waals surface area contributed by atoms with E-state index in [0.717, 1.165) is 18.7 Å². The van der Waals surface area contributed by atoms with E-state index in [4.69, 9.17) is 4.74 Å². The fourth-order valence-corrected chi connectivity index (χ4v) is 1.47. The van der Waals surface area contributed by atoms with Gasteiger partial charge in [-0.3, -0.25) is 0 Å². The van der Waals surface area contributed by atoms with Gasteiger partial charge < -0.3 is 9.64 Å². The van der Waals surface area contributed by atoms with Gasteiger partial charge in [0, 0.05) is 25.4 Å². The minimum absolute atomic E-state index is 0.685. The van der Waals surface area contributed by atoms with Crippen molar-refractivity contribution in [1.29, 1.82) is 0 Å². The van der Waals surface area contributed by atoms with Gasteiger partial charge in [-0.2, -0.15) is 0 Å². The molecule has 0 saturated carbocycles. The van der Waals surface area contributed by atoms with Gasteiger partial charge in [0.2, 0.25) is 0 Å². The molecule has 72 valence electrons. The summed E-state index contributed by atoms with van der Waals surface area (Å²) in [5, 5.41) is 0. The molecule has 1 fully saturated rings. The molecule has 1 heterocycles. The number of likely N-dealkylation sites (N-methyl/N-ethyl adjacent to an activating group) is 1. The zero-order valence-corrected chi connectivity index (χ0v) is 8.47. The van der Waals surface area contributed by atoms with E-state index in [-0.39, 0.29) is 0 Å². The average molecular weight is 179 g/mol. The summed E-state index contributed by atoms with van der Waals surface area (Å²) in [4.78, 5) is 2.19. The molecule has 0 aromatic heterocycles. The number of piperidine rings is 1. The third-order valence-electron chi connectivity index (χ3n) is 2.31. The van der Waals surface area contributed by atoms with E-state index in [0.29, 0.717) is 5.76 Å². The van der Waals surface area contributed by atoms with Crippen molar-refractivity contribution in [3.8, 4) is 0 Å². The van der Waals surface area contributed by atoms with Crippen LogP contribution in [0.5, 0.6) is 0 Å². The molecule has 0 atom stereocenters. The molecule has 1 aliphatic rings. The Balaban J connectivity index is 2.79. The molecule has 0 radical (unpaired) electrons. The Morgan fingerprint density at radius 3 is 2.85 bits per heavy atom. The fraction of sp³-hybridized carbons (Fsp3) is 0.455. The second kappa shape index (κ2) is 4.17. The van der Waals surface area contributed by atoms with Crippen molar-refractivity contribution in [1.82, 2.24) is 4.90 Å². The molecule has 1 rings (SSSR count). The van der Waals surface area contributed by atoms with Crippen molar-refractivity contribution in [3.63, 3.8) is 0 Å². The van der Waals surface area contributed by atoms with Crippen LogP contribution in [-0.2, 0) is 4.74 Å². The van der Waals surface area contributed by atoms with E-state index >= 15 is 0 Å². The maximum absolute atomic E-state index is 5.01. The van der Waals surface area contributed by atoms with Crippen LogP contribution in [0, 0.1) is 0 Å². The average Bonchev–Trinajstić information content (AvgIpc) is 2.11. The quantitative estimate of drug-likeness (QED) is 0.603. The van der Waals surface area contributed by atoms with Gasteiger partial charge in [-0.05, 0) is 18.4 Å². The van der Waals surface area contributed by atoms with Gasteiger partial charge in [-0.25, -0.2) is 0 Å². The highest BCUT2D eigenvalue weighted by Crippen LogP contribution is 2.24. The maximum atomic E-state index is 5.01. The van der Waals surface area contributed by atoms with E-state index in [9.17, 15) is 0 Å². The lowest BCUT2D eigenvalue weighted by molar-refractivity contribution is 0.304. The van der Waals surface area contributed by atoms with Crippen LogP contribution in [0.3, 0.4) is 0 Å². The van der Waals surface area contributed by atoms with Crippen LogP contribution in [0.15, 0.2) is 36.3 Å².